The van der Waals surface area contributed by atoms with E-state index in [-0.39, 0.29) is 5.91 Å². The van der Waals surface area contributed by atoms with Gasteiger partial charge in [-0.1, -0.05) is 6.92 Å². The summed E-state index contributed by atoms with van der Waals surface area (Å²) in [5.74, 6) is 0.758. The topological polar surface area (TPSA) is 54.5 Å². The minimum absolute atomic E-state index is 0.0618. The molecule has 0 saturated carbocycles. The molecule has 0 atom stereocenters. The number of hydrogen-bond acceptors (Lipinski definition) is 4. The lowest BCUT2D eigenvalue weighted by atomic mass is 10.3. The quantitative estimate of drug-likeness (QED) is 0.787. The molecule has 0 aromatic carbocycles. The van der Waals surface area contributed by atoms with Gasteiger partial charge in [-0.3, -0.25) is 9.78 Å². The third-order valence-electron chi connectivity index (χ3n) is 2.44. The summed E-state index contributed by atoms with van der Waals surface area (Å²) in [6.07, 6.45) is 2.07. The summed E-state index contributed by atoms with van der Waals surface area (Å²) < 4.78 is 5.46. The maximum Gasteiger partial charge on any atom is 0.225 e. The van der Waals surface area contributed by atoms with Crippen molar-refractivity contribution >= 4 is 5.91 Å². The molecule has 0 unspecified atom stereocenters. The van der Waals surface area contributed by atoms with Crippen molar-refractivity contribution in [1.29, 1.82) is 0 Å². The van der Waals surface area contributed by atoms with Gasteiger partial charge in [0.2, 0.25) is 5.91 Å². The third kappa shape index (κ3) is 5.14. The van der Waals surface area contributed by atoms with Crippen LogP contribution in [-0.2, 0) is 11.3 Å². The van der Waals surface area contributed by atoms with E-state index in [1.165, 1.54) is 0 Å². The highest BCUT2D eigenvalue weighted by Crippen LogP contribution is 2.09. The molecule has 0 saturated heterocycles. The van der Waals surface area contributed by atoms with Crippen molar-refractivity contribution in [3.05, 3.63) is 24.0 Å². The molecule has 5 nitrogen and oxygen atoms in total. The fraction of sp³-hybridized carbons (Fsp3) is 0.538. The molecule has 0 fully saturated rings. The molecule has 1 heterocycles. The van der Waals surface area contributed by atoms with Crippen molar-refractivity contribution in [1.82, 2.24) is 15.2 Å². The average Bonchev–Trinajstić information content (AvgIpc) is 2.37. The molecule has 1 rings (SSSR count). The van der Waals surface area contributed by atoms with Crippen LogP contribution in [0.4, 0.5) is 0 Å². The largest absolute Gasteiger partial charge is 0.491 e. The molecule has 18 heavy (non-hydrogen) atoms. The summed E-state index contributed by atoms with van der Waals surface area (Å²) in [7, 11) is 3.47. The van der Waals surface area contributed by atoms with Crippen molar-refractivity contribution in [2.45, 2.75) is 19.9 Å². The zero-order chi connectivity index (χ0) is 13.4. The van der Waals surface area contributed by atoms with Crippen LogP contribution in [0.3, 0.4) is 0 Å². The molecular formula is C13H21N3O2. The fourth-order valence-electron chi connectivity index (χ4n) is 1.33. The number of nitrogens with one attached hydrogen (secondary N) is 1. The number of aromatic nitrogens is 1. The number of carbonyl (C=O) groups excluding carboxylic acids is 1. The van der Waals surface area contributed by atoms with Gasteiger partial charge in [0, 0.05) is 20.6 Å². The fourth-order valence-corrected chi connectivity index (χ4v) is 1.33. The molecule has 1 aromatic heterocycles. The van der Waals surface area contributed by atoms with Gasteiger partial charge in [-0.2, -0.15) is 0 Å². The lowest BCUT2D eigenvalue weighted by Crippen LogP contribution is -2.23. The Morgan fingerprint density at radius 3 is 2.78 bits per heavy atom. The Hall–Kier alpha value is -1.62. The van der Waals surface area contributed by atoms with Crippen molar-refractivity contribution < 1.29 is 9.53 Å². The first-order valence-corrected chi connectivity index (χ1v) is 6.12. The summed E-state index contributed by atoms with van der Waals surface area (Å²) >= 11 is 0. The van der Waals surface area contributed by atoms with Gasteiger partial charge >= 0.3 is 0 Å². The van der Waals surface area contributed by atoms with E-state index in [2.05, 4.69) is 17.2 Å². The second-order valence-electron chi connectivity index (χ2n) is 4.15. The maximum atomic E-state index is 11.3. The summed E-state index contributed by atoms with van der Waals surface area (Å²) in [6.45, 7) is 4.12. The van der Waals surface area contributed by atoms with Crippen LogP contribution in [0.1, 0.15) is 19.0 Å². The first kappa shape index (κ1) is 14.4. The Kier molecular flexibility index (Phi) is 6.14. The number of rotatable bonds is 7. The van der Waals surface area contributed by atoms with Gasteiger partial charge in [0.15, 0.2) is 0 Å². The molecule has 100 valence electrons. The molecule has 1 amide bonds. The SMILES string of the molecule is CCNCc1ccc(OCCC(=O)N(C)C)cn1. The number of nitrogens with zero attached hydrogens (tertiary/aromatic N) is 2. The van der Waals surface area contributed by atoms with Gasteiger partial charge in [-0.15, -0.1) is 0 Å². The van der Waals surface area contributed by atoms with E-state index >= 15 is 0 Å². The van der Waals surface area contributed by atoms with Crippen molar-refractivity contribution in [3.63, 3.8) is 0 Å². The zero-order valence-corrected chi connectivity index (χ0v) is 11.3. The number of hydrogen-bond donors (Lipinski definition) is 1. The molecule has 0 spiro atoms. The summed E-state index contributed by atoms with van der Waals surface area (Å²) in [6, 6.07) is 3.80. The van der Waals surface area contributed by atoms with Crippen molar-refractivity contribution in [2.24, 2.45) is 0 Å². The summed E-state index contributed by atoms with van der Waals surface area (Å²) in [4.78, 5) is 17.2. The predicted molar refractivity (Wildman–Crippen MR) is 70.4 cm³/mol. The summed E-state index contributed by atoms with van der Waals surface area (Å²) in [5, 5.41) is 3.20. The number of ether oxygens (including phenoxy) is 1. The second-order valence-corrected chi connectivity index (χ2v) is 4.15. The molecule has 5 heteroatoms. The third-order valence-corrected chi connectivity index (χ3v) is 2.44. The van der Waals surface area contributed by atoms with E-state index in [4.69, 9.17) is 4.74 Å². The van der Waals surface area contributed by atoms with Crippen LogP contribution in [0.2, 0.25) is 0 Å². The molecule has 0 aliphatic heterocycles. The number of amides is 1. The Bertz CT molecular complexity index is 363. The summed E-state index contributed by atoms with van der Waals surface area (Å²) in [5.41, 5.74) is 0.980. The van der Waals surface area contributed by atoms with Gasteiger partial charge in [0.05, 0.1) is 24.9 Å². The van der Waals surface area contributed by atoms with Gasteiger partial charge < -0.3 is 15.0 Å². The number of carbonyl (C=O) groups is 1. The van der Waals surface area contributed by atoms with E-state index in [1.807, 2.05) is 12.1 Å². The lowest BCUT2D eigenvalue weighted by molar-refractivity contribution is -0.129. The van der Waals surface area contributed by atoms with Crippen LogP contribution in [-0.4, -0.2) is 43.0 Å². The molecule has 1 aromatic rings. The Morgan fingerprint density at radius 2 is 2.22 bits per heavy atom. The standard InChI is InChI=1S/C13H21N3O2/c1-4-14-9-11-5-6-12(10-15-11)18-8-7-13(17)16(2)3/h5-6,10,14H,4,7-9H2,1-3H3. The first-order chi connectivity index (χ1) is 8.63. The maximum absolute atomic E-state index is 11.3. The van der Waals surface area contributed by atoms with E-state index < -0.39 is 0 Å². The van der Waals surface area contributed by atoms with E-state index in [0.29, 0.717) is 18.8 Å². The molecule has 0 radical (unpaired) electrons. The van der Waals surface area contributed by atoms with Crippen LogP contribution in [0.15, 0.2) is 18.3 Å². The first-order valence-electron chi connectivity index (χ1n) is 6.12. The molecular weight excluding hydrogens is 230 g/mol. The Balaban J connectivity index is 2.33. The lowest BCUT2D eigenvalue weighted by Gasteiger charge is -2.11. The minimum atomic E-state index is 0.0618. The van der Waals surface area contributed by atoms with Crippen LogP contribution in [0.5, 0.6) is 5.75 Å². The van der Waals surface area contributed by atoms with Crippen LogP contribution < -0.4 is 10.1 Å². The Morgan fingerprint density at radius 1 is 1.44 bits per heavy atom. The molecule has 0 aliphatic rings. The van der Waals surface area contributed by atoms with Gasteiger partial charge in [0.1, 0.15) is 5.75 Å². The minimum Gasteiger partial charge on any atom is -0.491 e. The highest BCUT2D eigenvalue weighted by Gasteiger charge is 2.04. The van der Waals surface area contributed by atoms with Crippen LogP contribution in [0, 0.1) is 0 Å². The van der Waals surface area contributed by atoms with Crippen LogP contribution in [0.25, 0.3) is 0 Å². The average molecular weight is 251 g/mol. The zero-order valence-electron chi connectivity index (χ0n) is 11.3. The highest BCUT2D eigenvalue weighted by molar-refractivity contribution is 5.75. The van der Waals surface area contributed by atoms with E-state index in [9.17, 15) is 4.79 Å². The van der Waals surface area contributed by atoms with Gasteiger partial charge in [-0.25, -0.2) is 0 Å². The molecule has 0 aliphatic carbocycles. The predicted octanol–water partition coefficient (Wildman–Crippen LogP) is 1.05. The monoisotopic (exact) mass is 251 g/mol. The second kappa shape index (κ2) is 7.66. The van der Waals surface area contributed by atoms with Crippen molar-refractivity contribution in [2.75, 3.05) is 27.2 Å². The van der Waals surface area contributed by atoms with Crippen LogP contribution >= 0.6 is 0 Å². The smallest absolute Gasteiger partial charge is 0.225 e. The van der Waals surface area contributed by atoms with Crippen molar-refractivity contribution in [3.8, 4) is 5.75 Å². The van der Waals surface area contributed by atoms with Gasteiger partial charge in [0.25, 0.3) is 0 Å². The van der Waals surface area contributed by atoms with E-state index in [0.717, 1.165) is 18.8 Å². The van der Waals surface area contributed by atoms with E-state index in [1.54, 1.807) is 25.2 Å². The molecule has 0 bridgehead atoms. The Labute approximate surface area is 108 Å². The normalized spacial score (nSPS) is 10.2. The number of pyridine rings is 1. The highest BCUT2D eigenvalue weighted by atomic mass is 16.5. The van der Waals surface area contributed by atoms with Gasteiger partial charge in [-0.05, 0) is 18.7 Å². The molecule has 1 N–H and O–H groups in total.